The van der Waals surface area contributed by atoms with Crippen LogP contribution >= 0.6 is 0 Å². The van der Waals surface area contributed by atoms with Gasteiger partial charge in [0.1, 0.15) is 5.82 Å². The Bertz CT molecular complexity index is 362. The summed E-state index contributed by atoms with van der Waals surface area (Å²) in [6.07, 6.45) is 3.49. The minimum Gasteiger partial charge on any atom is -0.372 e. The summed E-state index contributed by atoms with van der Waals surface area (Å²) in [5.41, 5.74) is 6.79. The lowest BCUT2D eigenvalue weighted by Crippen LogP contribution is -2.25. The van der Waals surface area contributed by atoms with Gasteiger partial charge in [0.05, 0.1) is 0 Å². The molecule has 0 fully saturated rings. The Balaban J connectivity index is 2.47. The lowest BCUT2D eigenvalue weighted by Gasteiger charge is -2.25. The Hall–Kier alpha value is -1.09. The van der Waals surface area contributed by atoms with Crippen molar-refractivity contribution in [2.45, 2.75) is 40.0 Å². The topological polar surface area (TPSA) is 29.3 Å². The smallest absolute Gasteiger partial charge is 0.123 e. The van der Waals surface area contributed by atoms with Crippen molar-refractivity contribution in [2.24, 2.45) is 17.6 Å². The number of rotatable bonds is 9. The summed E-state index contributed by atoms with van der Waals surface area (Å²) in [4.78, 5) is 2.30. The third-order valence-electron chi connectivity index (χ3n) is 4.06. The van der Waals surface area contributed by atoms with Gasteiger partial charge in [-0.2, -0.15) is 0 Å². The van der Waals surface area contributed by atoms with E-state index in [1.54, 1.807) is 0 Å². The molecule has 1 rings (SSSR count). The Morgan fingerprint density at radius 1 is 1.15 bits per heavy atom. The molecule has 2 N–H and O–H groups in total. The molecule has 0 heterocycles. The highest BCUT2D eigenvalue weighted by atomic mass is 19.1. The van der Waals surface area contributed by atoms with Crippen molar-refractivity contribution in [2.75, 3.05) is 24.5 Å². The molecule has 0 saturated heterocycles. The van der Waals surface area contributed by atoms with Gasteiger partial charge in [-0.1, -0.05) is 13.8 Å². The van der Waals surface area contributed by atoms with E-state index in [1.807, 2.05) is 12.1 Å². The molecule has 0 aliphatic carbocycles. The maximum atomic E-state index is 13.0. The van der Waals surface area contributed by atoms with Crippen LogP contribution in [0.2, 0.25) is 0 Å². The Labute approximate surface area is 123 Å². The zero-order chi connectivity index (χ0) is 15.0. The normalized spacial score (nSPS) is 12.7. The summed E-state index contributed by atoms with van der Waals surface area (Å²) in [6.45, 7) is 9.45. The summed E-state index contributed by atoms with van der Waals surface area (Å²) >= 11 is 0. The second-order valence-corrected chi connectivity index (χ2v) is 5.78. The molecule has 0 aliphatic heterocycles. The third-order valence-corrected chi connectivity index (χ3v) is 4.06. The number of nitrogens with two attached hydrogens (primary N) is 1. The Morgan fingerprint density at radius 2 is 1.80 bits per heavy atom. The Kier molecular flexibility index (Phi) is 7.60. The van der Waals surface area contributed by atoms with Crippen molar-refractivity contribution in [3.8, 4) is 0 Å². The molecular weight excluding hydrogens is 251 g/mol. The van der Waals surface area contributed by atoms with Crippen LogP contribution in [0.25, 0.3) is 0 Å². The molecule has 0 aliphatic rings. The average Bonchev–Trinajstić information content (AvgIpc) is 2.43. The van der Waals surface area contributed by atoms with Gasteiger partial charge < -0.3 is 10.6 Å². The second kappa shape index (κ2) is 8.96. The highest BCUT2D eigenvalue weighted by Gasteiger charge is 2.13. The van der Waals surface area contributed by atoms with E-state index < -0.39 is 0 Å². The highest BCUT2D eigenvalue weighted by molar-refractivity contribution is 5.45. The van der Waals surface area contributed by atoms with Gasteiger partial charge in [-0.3, -0.25) is 0 Å². The van der Waals surface area contributed by atoms with Crippen LogP contribution in [0.1, 0.15) is 40.0 Å². The molecule has 1 unspecified atom stereocenters. The van der Waals surface area contributed by atoms with E-state index in [4.69, 9.17) is 5.73 Å². The first-order valence-electron chi connectivity index (χ1n) is 7.79. The number of anilines is 1. The third kappa shape index (κ3) is 5.49. The SMILES string of the molecule is CCN(CCCC(CCN)C(C)C)c1ccc(F)cc1. The van der Waals surface area contributed by atoms with Crippen LogP contribution in [-0.4, -0.2) is 19.6 Å². The number of nitrogens with zero attached hydrogens (tertiary/aromatic N) is 1. The van der Waals surface area contributed by atoms with Crippen molar-refractivity contribution in [3.05, 3.63) is 30.1 Å². The molecule has 0 radical (unpaired) electrons. The summed E-state index contributed by atoms with van der Waals surface area (Å²) in [5, 5.41) is 0. The van der Waals surface area contributed by atoms with Crippen LogP contribution in [0.3, 0.4) is 0 Å². The predicted octanol–water partition coefficient (Wildman–Crippen LogP) is 4.05. The molecule has 0 saturated carbocycles. The van der Waals surface area contributed by atoms with Crippen molar-refractivity contribution in [1.29, 1.82) is 0 Å². The summed E-state index contributed by atoms with van der Waals surface area (Å²) < 4.78 is 13.0. The first-order chi connectivity index (χ1) is 9.58. The van der Waals surface area contributed by atoms with E-state index in [2.05, 4.69) is 25.7 Å². The molecule has 3 heteroatoms. The zero-order valence-electron chi connectivity index (χ0n) is 13.1. The van der Waals surface area contributed by atoms with E-state index in [-0.39, 0.29) is 5.82 Å². The minimum atomic E-state index is -0.173. The molecule has 1 atom stereocenters. The zero-order valence-corrected chi connectivity index (χ0v) is 13.1. The summed E-state index contributed by atoms with van der Waals surface area (Å²) in [6, 6.07) is 6.78. The lowest BCUT2D eigenvalue weighted by molar-refractivity contribution is 0.334. The van der Waals surface area contributed by atoms with E-state index in [9.17, 15) is 4.39 Å². The lowest BCUT2D eigenvalue weighted by atomic mass is 9.88. The maximum Gasteiger partial charge on any atom is 0.123 e. The van der Waals surface area contributed by atoms with Crippen LogP contribution in [0.4, 0.5) is 10.1 Å². The van der Waals surface area contributed by atoms with Gasteiger partial charge in [-0.15, -0.1) is 0 Å². The first-order valence-corrected chi connectivity index (χ1v) is 7.79. The van der Waals surface area contributed by atoms with Crippen molar-refractivity contribution in [3.63, 3.8) is 0 Å². The number of hydrogen-bond acceptors (Lipinski definition) is 2. The van der Waals surface area contributed by atoms with Crippen molar-refractivity contribution < 1.29 is 4.39 Å². The van der Waals surface area contributed by atoms with Gasteiger partial charge in [0, 0.05) is 18.8 Å². The molecular formula is C17H29FN2. The molecule has 1 aromatic carbocycles. The number of hydrogen-bond donors (Lipinski definition) is 1. The quantitative estimate of drug-likeness (QED) is 0.739. The van der Waals surface area contributed by atoms with Crippen LogP contribution in [-0.2, 0) is 0 Å². The van der Waals surface area contributed by atoms with Crippen LogP contribution in [0.5, 0.6) is 0 Å². The number of halogens is 1. The van der Waals surface area contributed by atoms with E-state index in [0.717, 1.165) is 38.2 Å². The highest BCUT2D eigenvalue weighted by Crippen LogP contribution is 2.22. The number of benzene rings is 1. The Morgan fingerprint density at radius 3 is 2.30 bits per heavy atom. The molecule has 0 bridgehead atoms. The second-order valence-electron chi connectivity index (χ2n) is 5.78. The summed E-state index contributed by atoms with van der Waals surface area (Å²) in [7, 11) is 0. The molecule has 0 amide bonds. The van der Waals surface area contributed by atoms with Gasteiger partial charge >= 0.3 is 0 Å². The van der Waals surface area contributed by atoms with E-state index in [0.29, 0.717) is 11.8 Å². The summed E-state index contributed by atoms with van der Waals surface area (Å²) in [5.74, 6) is 1.24. The fourth-order valence-corrected chi connectivity index (χ4v) is 2.69. The van der Waals surface area contributed by atoms with Crippen molar-refractivity contribution >= 4 is 5.69 Å². The van der Waals surface area contributed by atoms with E-state index in [1.165, 1.54) is 18.6 Å². The fourth-order valence-electron chi connectivity index (χ4n) is 2.69. The maximum absolute atomic E-state index is 13.0. The van der Waals surface area contributed by atoms with Gasteiger partial charge in [-0.25, -0.2) is 4.39 Å². The van der Waals surface area contributed by atoms with Crippen LogP contribution < -0.4 is 10.6 Å². The molecule has 2 nitrogen and oxygen atoms in total. The van der Waals surface area contributed by atoms with Gasteiger partial charge in [0.2, 0.25) is 0 Å². The molecule has 1 aromatic rings. The monoisotopic (exact) mass is 280 g/mol. The van der Waals surface area contributed by atoms with Gasteiger partial charge in [-0.05, 0) is 68.8 Å². The van der Waals surface area contributed by atoms with Gasteiger partial charge in [0.15, 0.2) is 0 Å². The first kappa shape index (κ1) is 17.0. The molecule has 0 spiro atoms. The van der Waals surface area contributed by atoms with Gasteiger partial charge in [0.25, 0.3) is 0 Å². The van der Waals surface area contributed by atoms with Crippen molar-refractivity contribution in [1.82, 2.24) is 0 Å². The van der Waals surface area contributed by atoms with E-state index >= 15 is 0 Å². The molecule has 20 heavy (non-hydrogen) atoms. The minimum absolute atomic E-state index is 0.173. The standard InChI is InChI=1S/C17H29FN2/c1-4-20(17-9-7-16(18)8-10-17)13-5-6-15(11-12-19)14(2)3/h7-10,14-15H,4-6,11-13,19H2,1-3H3. The predicted molar refractivity (Wildman–Crippen MR) is 85.5 cm³/mol. The molecule has 0 aromatic heterocycles. The fraction of sp³-hybridized carbons (Fsp3) is 0.647. The van der Waals surface area contributed by atoms with Crippen LogP contribution in [0.15, 0.2) is 24.3 Å². The largest absolute Gasteiger partial charge is 0.372 e. The van der Waals surface area contributed by atoms with Crippen LogP contribution in [0, 0.1) is 17.7 Å². The molecule has 114 valence electrons. The average molecular weight is 280 g/mol.